The number of carboxylic acids is 1. The van der Waals surface area contributed by atoms with Gasteiger partial charge in [-0.1, -0.05) is 18.2 Å². The van der Waals surface area contributed by atoms with E-state index in [9.17, 15) is 23.1 Å². The Labute approximate surface area is 186 Å². The SMILES string of the molecule is CNC(=N)c1ccc(OCCCC(=O)NC[C@H](NS(=O)(=O)c2ccccc2)C(=O)O)cc1. The van der Waals surface area contributed by atoms with Gasteiger partial charge in [0.1, 0.15) is 17.6 Å². The van der Waals surface area contributed by atoms with Gasteiger partial charge in [-0.2, -0.15) is 4.72 Å². The van der Waals surface area contributed by atoms with Gasteiger partial charge in [0.15, 0.2) is 0 Å². The molecule has 0 spiro atoms. The summed E-state index contributed by atoms with van der Waals surface area (Å²) in [4.78, 5) is 23.3. The average molecular weight is 463 g/mol. The van der Waals surface area contributed by atoms with Crippen LogP contribution in [-0.2, 0) is 19.6 Å². The third-order valence-electron chi connectivity index (χ3n) is 4.36. The third kappa shape index (κ3) is 7.67. The Morgan fingerprint density at radius 2 is 1.75 bits per heavy atom. The Hall–Kier alpha value is -3.44. The molecule has 2 aromatic carbocycles. The molecule has 2 aromatic rings. The highest BCUT2D eigenvalue weighted by molar-refractivity contribution is 7.89. The molecule has 172 valence electrons. The molecule has 32 heavy (non-hydrogen) atoms. The standard InChI is InChI=1S/C21H26N4O6S/c1-23-20(22)15-9-11-16(12-10-15)31-13-5-8-19(26)24-14-18(21(27)28)25-32(29,30)17-6-3-2-4-7-17/h2-4,6-7,9-12,18,25H,5,8,13-14H2,1H3,(H2,22,23)(H,24,26)(H,27,28)/t18-/m0/s1. The number of carboxylic acid groups (broad SMARTS) is 1. The smallest absolute Gasteiger partial charge is 0.323 e. The van der Waals surface area contributed by atoms with Crippen LogP contribution in [0, 0.1) is 5.41 Å². The molecule has 10 nitrogen and oxygen atoms in total. The van der Waals surface area contributed by atoms with E-state index in [1.54, 1.807) is 37.4 Å². The number of amides is 1. The van der Waals surface area contributed by atoms with E-state index in [0.29, 0.717) is 18.0 Å². The molecule has 0 heterocycles. The van der Waals surface area contributed by atoms with Crippen LogP contribution >= 0.6 is 0 Å². The Morgan fingerprint density at radius 1 is 1.09 bits per heavy atom. The third-order valence-corrected chi connectivity index (χ3v) is 5.85. The summed E-state index contributed by atoms with van der Waals surface area (Å²) in [5.41, 5.74) is 0.718. The van der Waals surface area contributed by atoms with Crippen LogP contribution in [0.2, 0.25) is 0 Å². The van der Waals surface area contributed by atoms with E-state index in [0.717, 1.165) is 5.56 Å². The van der Waals surface area contributed by atoms with Crippen LogP contribution < -0.4 is 20.1 Å². The van der Waals surface area contributed by atoms with Crippen LogP contribution in [-0.4, -0.2) is 57.5 Å². The summed E-state index contributed by atoms with van der Waals surface area (Å²) in [6.07, 6.45) is 0.466. The zero-order valence-corrected chi connectivity index (χ0v) is 18.3. The average Bonchev–Trinajstić information content (AvgIpc) is 2.79. The van der Waals surface area contributed by atoms with Gasteiger partial charge in [0.25, 0.3) is 0 Å². The molecule has 0 aliphatic rings. The fourth-order valence-corrected chi connectivity index (χ4v) is 3.83. The van der Waals surface area contributed by atoms with E-state index in [1.165, 1.54) is 24.3 Å². The Bertz CT molecular complexity index is 1030. The Kier molecular flexibility index (Phi) is 9.17. The van der Waals surface area contributed by atoms with Crippen molar-refractivity contribution in [2.75, 3.05) is 20.2 Å². The number of ether oxygens (including phenoxy) is 1. The molecule has 1 atom stereocenters. The quantitative estimate of drug-likeness (QED) is 0.178. The first-order chi connectivity index (χ1) is 15.2. The molecule has 0 fully saturated rings. The molecular weight excluding hydrogens is 436 g/mol. The molecule has 0 bridgehead atoms. The molecule has 5 N–H and O–H groups in total. The number of rotatable bonds is 12. The minimum Gasteiger partial charge on any atom is -0.494 e. The number of benzene rings is 2. The summed E-state index contributed by atoms with van der Waals surface area (Å²) in [7, 11) is -2.37. The van der Waals surface area contributed by atoms with Gasteiger partial charge in [-0.15, -0.1) is 0 Å². The lowest BCUT2D eigenvalue weighted by Crippen LogP contribution is -2.48. The molecule has 2 rings (SSSR count). The second-order valence-corrected chi connectivity index (χ2v) is 8.44. The maximum atomic E-state index is 12.3. The van der Waals surface area contributed by atoms with E-state index in [4.69, 9.17) is 10.1 Å². The molecule has 0 radical (unpaired) electrons. The summed E-state index contributed by atoms with van der Waals surface area (Å²) >= 11 is 0. The van der Waals surface area contributed by atoms with Crippen molar-refractivity contribution >= 4 is 27.7 Å². The van der Waals surface area contributed by atoms with Gasteiger partial charge >= 0.3 is 5.97 Å². The van der Waals surface area contributed by atoms with Crippen molar-refractivity contribution in [2.45, 2.75) is 23.8 Å². The fourth-order valence-electron chi connectivity index (χ4n) is 2.62. The summed E-state index contributed by atoms with van der Waals surface area (Å²) in [5.74, 6) is -0.933. The van der Waals surface area contributed by atoms with Crippen molar-refractivity contribution in [2.24, 2.45) is 0 Å². The van der Waals surface area contributed by atoms with Crippen LogP contribution in [0.4, 0.5) is 0 Å². The minimum absolute atomic E-state index is 0.0643. The van der Waals surface area contributed by atoms with Crippen molar-refractivity contribution in [1.82, 2.24) is 15.4 Å². The van der Waals surface area contributed by atoms with Crippen LogP contribution in [0.15, 0.2) is 59.5 Å². The second kappa shape index (κ2) is 11.8. The normalized spacial score (nSPS) is 11.9. The molecular formula is C21H26N4O6S. The zero-order chi connectivity index (χ0) is 23.6. The first kappa shape index (κ1) is 24.8. The largest absolute Gasteiger partial charge is 0.494 e. The summed E-state index contributed by atoms with van der Waals surface area (Å²) in [6, 6.07) is 12.8. The van der Waals surface area contributed by atoms with Crippen LogP contribution in [0.1, 0.15) is 18.4 Å². The summed E-state index contributed by atoms with van der Waals surface area (Å²) in [5, 5.41) is 22.1. The molecule has 0 aliphatic carbocycles. The maximum absolute atomic E-state index is 12.3. The number of amidine groups is 1. The Morgan fingerprint density at radius 3 is 2.34 bits per heavy atom. The molecule has 0 unspecified atom stereocenters. The van der Waals surface area contributed by atoms with Gasteiger partial charge in [0, 0.05) is 25.6 Å². The van der Waals surface area contributed by atoms with Crippen molar-refractivity contribution in [3.63, 3.8) is 0 Å². The number of carbonyl (C=O) groups is 2. The lowest BCUT2D eigenvalue weighted by Gasteiger charge is -2.15. The lowest BCUT2D eigenvalue weighted by molar-refractivity contribution is -0.138. The zero-order valence-electron chi connectivity index (χ0n) is 17.5. The number of hydrogen-bond donors (Lipinski definition) is 5. The molecule has 11 heteroatoms. The topological polar surface area (TPSA) is 158 Å². The summed E-state index contributed by atoms with van der Waals surface area (Å²) < 4.78 is 32.2. The van der Waals surface area contributed by atoms with Crippen LogP contribution in [0.25, 0.3) is 0 Å². The predicted octanol–water partition coefficient (Wildman–Crippen LogP) is 0.938. The van der Waals surface area contributed by atoms with Crippen molar-refractivity contribution in [3.05, 3.63) is 60.2 Å². The van der Waals surface area contributed by atoms with E-state index >= 15 is 0 Å². The van der Waals surface area contributed by atoms with Crippen LogP contribution in [0.3, 0.4) is 0 Å². The molecule has 0 saturated heterocycles. The van der Waals surface area contributed by atoms with Crippen molar-refractivity contribution in [1.29, 1.82) is 5.41 Å². The molecule has 0 aromatic heterocycles. The van der Waals surface area contributed by atoms with E-state index in [2.05, 4.69) is 15.4 Å². The number of carbonyl (C=O) groups excluding carboxylic acids is 1. The molecule has 0 saturated carbocycles. The number of nitrogens with one attached hydrogen (secondary N) is 4. The van der Waals surface area contributed by atoms with Gasteiger partial charge in [-0.3, -0.25) is 15.0 Å². The fraction of sp³-hybridized carbons (Fsp3) is 0.286. The highest BCUT2D eigenvalue weighted by atomic mass is 32.2. The van der Waals surface area contributed by atoms with Gasteiger partial charge in [0.05, 0.1) is 11.5 Å². The highest BCUT2D eigenvalue weighted by Crippen LogP contribution is 2.13. The maximum Gasteiger partial charge on any atom is 0.323 e. The van der Waals surface area contributed by atoms with Crippen molar-refractivity contribution < 1.29 is 27.9 Å². The predicted molar refractivity (Wildman–Crippen MR) is 118 cm³/mol. The highest BCUT2D eigenvalue weighted by Gasteiger charge is 2.25. The van der Waals surface area contributed by atoms with Crippen molar-refractivity contribution in [3.8, 4) is 5.75 Å². The summed E-state index contributed by atoms with van der Waals surface area (Å²) in [6.45, 7) is -0.126. The first-order valence-electron chi connectivity index (χ1n) is 9.79. The number of hydrogen-bond acceptors (Lipinski definition) is 6. The van der Waals surface area contributed by atoms with E-state index in [-0.39, 0.29) is 24.5 Å². The Balaban J connectivity index is 1.76. The molecule has 1 amide bonds. The monoisotopic (exact) mass is 462 g/mol. The van der Waals surface area contributed by atoms with Gasteiger partial charge in [0.2, 0.25) is 15.9 Å². The first-order valence-corrected chi connectivity index (χ1v) is 11.3. The number of sulfonamides is 1. The van der Waals surface area contributed by atoms with Gasteiger partial charge in [-0.25, -0.2) is 8.42 Å². The van der Waals surface area contributed by atoms with E-state index < -0.39 is 27.9 Å². The second-order valence-electron chi connectivity index (χ2n) is 6.73. The number of aliphatic carboxylic acids is 1. The minimum atomic E-state index is -4.03. The van der Waals surface area contributed by atoms with Gasteiger partial charge in [-0.05, 0) is 42.8 Å². The van der Waals surface area contributed by atoms with E-state index in [1.807, 2.05) is 0 Å². The molecule has 0 aliphatic heterocycles. The lowest BCUT2D eigenvalue weighted by atomic mass is 10.2. The van der Waals surface area contributed by atoms with Gasteiger partial charge < -0.3 is 20.5 Å². The van der Waals surface area contributed by atoms with Crippen LogP contribution in [0.5, 0.6) is 5.75 Å².